The van der Waals surface area contributed by atoms with Crippen LogP contribution in [0, 0.1) is 0 Å². The predicted octanol–water partition coefficient (Wildman–Crippen LogP) is 1.81. The number of carboxylic acids is 1. The number of aromatic nitrogens is 2. The lowest BCUT2D eigenvalue weighted by Crippen LogP contribution is -2.06. The van der Waals surface area contributed by atoms with E-state index >= 15 is 0 Å². The van der Waals surface area contributed by atoms with Crippen LogP contribution in [-0.2, 0) is 0 Å². The van der Waals surface area contributed by atoms with Gasteiger partial charge in [0, 0.05) is 11.9 Å². The number of nitrogens with two attached hydrogens (primary N) is 1. The highest BCUT2D eigenvalue weighted by Crippen LogP contribution is 2.19. The molecule has 0 aliphatic rings. The molecule has 0 unspecified atom stereocenters. The molecule has 1 aromatic heterocycles. The molecule has 0 saturated heterocycles. The van der Waals surface area contributed by atoms with Gasteiger partial charge in [0.15, 0.2) is 0 Å². The van der Waals surface area contributed by atoms with Gasteiger partial charge in [-0.3, -0.25) is 0 Å². The molecule has 1 heterocycles. The zero-order chi connectivity index (χ0) is 11.7. The van der Waals surface area contributed by atoms with Crippen LogP contribution in [0.1, 0.15) is 10.4 Å². The van der Waals surface area contributed by atoms with Gasteiger partial charge in [0.25, 0.3) is 0 Å². The van der Waals surface area contributed by atoms with Crippen LogP contribution in [-0.4, -0.2) is 20.9 Å². The van der Waals surface area contributed by atoms with Gasteiger partial charge in [0.1, 0.15) is 0 Å². The summed E-state index contributed by atoms with van der Waals surface area (Å²) in [5, 5.41) is 13.4. The van der Waals surface area contributed by atoms with Gasteiger partial charge in [0.2, 0.25) is 0 Å². The van der Waals surface area contributed by atoms with Crippen LogP contribution in [0.4, 0.5) is 5.69 Å². The maximum absolute atomic E-state index is 11.0. The standard InChI is InChI=1S/C10H8ClN3O2/c11-6-4-13-14(5-6)9-3-7(12)1-2-8(9)10(15)16/h1-5H,12H2,(H,15,16). The topological polar surface area (TPSA) is 81.1 Å². The van der Waals surface area contributed by atoms with E-state index in [0.29, 0.717) is 16.4 Å². The number of hydrogen-bond donors (Lipinski definition) is 2. The van der Waals surface area contributed by atoms with Crippen LogP contribution in [0.3, 0.4) is 0 Å². The summed E-state index contributed by atoms with van der Waals surface area (Å²) in [5.74, 6) is -1.04. The number of carboxylic acid groups (broad SMARTS) is 1. The minimum absolute atomic E-state index is 0.119. The third-order valence-corrected chi connectivity index (χ3v) is 2.25. The Morgan fingerprint density at radius 3 is 2.81 bits per heavy atom. The largest absolute Gasteiger partial charge is 0.478 e. The van der Waals surface area contributed by atoms with Crippen molar-refractivity contribution in [3.63, 3.8) is 0 Å². The minimum Gasteiger partial charge on any atom is -0.478 e. The minimum atomic E-state index is -1.04. The molecule has 0 aliphatic carbocycles. The van der Waals surface area contributed by atoms with Crippen LogP contribution >= 0.6 is 11.6 Å². The summed E-state index contributed by atoms with van der Waals surface area (Å²) in [6.45, 7) is 0. The van der Waals surface area contributed by atoms with Crippen molar-refractivity contribution in [2.24, 2.45) is 0 Å². The fourth-order valence-electron chi connectivity index (χ4n) is 1.35. The SMILES string of the molecule is Nc1ccc(C(=O)O)c(-n2cc(Cl)cn2)c1. The van der Waals surface area contributed by atoms with E-state index in [1.807, 2.05) is 0 Å². The average molecular weight is 238 g/mol. The van der Waals surface area contributed by atoms with Gasteiger partial charge in [0.05, 0.1) is 22.5 Å². The molecule has 0 aliphatic heterocycles. The number of carbonyl (C=O) groups is 1. The number of benzene rings is 1. The molecule has 3 N–H and O–H groups in total. The van der Waals surface area contributed by atoms with E-state index in [9.17, 15) is 4.79 Å². The second kappa shape index (κ2) is 3.86. The predicted molar refractivity (Wildman–Crippen MR) is 59.9 cm³/mol. The summed E-state index contributed by atoms with van der Waals surface area (Å²) in [7, 11) is 0. The average Bonchev–Trinajstić information content (AvgIpc) is 2.64. The molecule has 5 nitrogen and oxygen atoms in total. The van der Waals surface area contributed by atoms with E-state index < -0.39 is 5.97 Å². The Balaban J connectivity index is 2.62. The zero-order valence-corrected chi connectivity index (χ0v) is 8.85. The quantitative estimate of drug-likeness (QED) is 0.781. The highest BCUT2D eigenvalue weighted by atomic mass is 35.5. The van der Waals surface area contributed by atoms with Gasteiger partial charge in [-0.15, -0.1) is 0 Å². The van der Waals surface area contributed by atoms with Crippen LogP contribution < -0.4 is 5.73 Å². The molecule has 6 heteroatoms. The molecule has 1 aromatic carbocycles. The number of rotatable bonds is 2. The Hall–Kier alpha value is -2.01. The maximum Gasteiger partial charge on any atom is 0.337 e. The summed E-state index contributed by atoms with van der Waals surface area (Å²) < 4.78 is 1.38. The van der Waals surface area contributed by atoms with E-state index in [2.05, 4.69) is 5.10 Å². The van der Waals surface area contributed by atoms with Gasteiger partial charge in [-0.05, 0) is 18.2 Å². The Bertz CT molecular complexity index is 551. The van der Waals surface area contributed by atoms with E-state index in [4.69, 9.17) is 22.4 Å². The van der Waals surface area contributed by atoms with E-state index in [1.54, 1.807) is 0 Å². The second-order valence-electron chi connectivity index (χ2n) is 3.18. The van der Waals surface area contributed by atoms with E-state index in [1.165, 1.54) is 35.3 Å². The lowest BCUT2D eigenvalue weighted by atomic mass is 10.1. The Morgan fingerprint density at radius 1 is 1.50 bits per heavy atom. The van der Waals surface area contributed by atoms with Crippen LogP contribution in [0.25, 0.3) is 5.69 Å². The van der Waals surface area contributed by atoms with Crippen molar-refractivity contribution in [3.05, 3.63) is 41.2 Å². The lowest BCUT2D eigenvalue weighted by molar-refractivity contribution is 0.0697. The molecule has 0 saturated carbocycles. The zero-order valence-electron chi connectivity index (χ0n) is 8.09. The molecular formula is C10H8ClN3O2. The van der Waals surface area contributed by atoms with E-state index in [-0.39, 0.29) is 5.56 Å². The summed E-state index contributed by atoms with van der Waals surface area (Å²) in [6.07, 6.45) is 2.94. The van der Waals surface area contributed by atoms with Crippen molar-refractivity contribution in [1.82, 2.24) is 9.78 Å². The van der Waals surface area contributed by atoms with Gasteiger partial charge < -0.3 is 10.8 Å². The first-order valence-corrected chi connectivity index (χ1v) is 4.79. The highest BCUT2D eigenvalue weighted by Gasteiger charge is 2.12. The molecular weight excluding hydrogens is 230 g/mol. The Kier molecular flexibility index (Phi) is 2.54. The van der Waals surface area contributed by atoms with Crippen molar-refractivity contribution < 1.29 is 9.90 Å². The fraction of sp³-hybridized carbons (Fsp3) is 0. The molecule has 2 rings (SSSR count). The molecule has 2 aromatic rings. The third kappa shape index (κ3) is 1.85. The molecule has 82 valence electrons. The van der Waals surface area contributed by atoms with Crippen molar-refractivity contribution in [2.45, 2.75) is 0 Å². The number of anilines is 1. The fourth-order valence-corrected chi connectivity index (χ4v) is 1.49. The smallest absolute Gasteiger partial charge is 0.337 e. The summed E-state index contributed by atoms with van der Waals surface area (Å²) in [5.41, 5.74) is 6.58. The molecule has 0 atom stereocenters. The number of nitrogens with zero attached hydrogens (tertiary/aromatic N) is 2. The van der Waals surface area contributed by atoms with Crippen LogP contribution in [0.15, 0.2) is 30.6 Å². The normalized spacial score (nSPS) is 10.3. The first-order valence-electron chi connectivity index (χ1n) is 4.41. The number of aromatic carboxylic acids is 1. The van der Waals surface area contributed by atoms with Gasteiger partial charge in [-0.1, -0.05) is 11.6 Å². The monoisotopic (exact) mass is 237 g/mol. The molecule has 0 radical (unpaired) electrons. The van der Waals surface area contributed by atoms with Gasteiger partial charge in [-0.2, -0.15) is 5.10 Å². The number of nitrogen functional groups attached to an aromatic ring is 1. The second-order valence-corrected chi connectivity index (χ2v) is 3.62. The van der Waals surface area contributed by atoms with Crippen LogP contribution in [0.5, 0.6) is 0 Å². The molecule has 0 bridgehead atoms. The van der Waals surface area contributed by atoms with Crippen molar-refractivity contribution in [1.29, 1.82) is 0 Å². The number of halogens is 1. The summed E-state index contributed by atoms with van der Waals surface area (Å²) in [6, 6.07) is 4.49. The molecule has 0 fully saturated rings. The maximum atomic E-state index is 11.0. The van der Waals surface area contributed by atoms with Crippen LogP contribution in [0.2, 0.25) is 5.02 Å². The first-order chi connectivity index (χ1) is 7.58. The van der Waals surface area contributed by atoms with Crippen molar-refractivity contribution >= 4 is 23.3 Å². The van der Waals surface area contributed by atoms with Gasteiger partial charge >= 0.3 is 5.97 Å². The Morgan fingerprint density at radius 2 is 2.25 bits per heavy atom. The third-order valence-electron chi connectivity index (χ3n) is 2.05. The lowest BCUT2D eigenvalue weighted by Gasteiger charge is -2.06. The molecule has 0 spiro atoms. The van der Waals surface area contributed by atoms with Gasteiger partial charge in [-0.25, -0.2) is 9.48 Å². The summed E-state index contributed by atoms with van der Waals surface area (Å²) >= 11 is 5.72. The molecule has 0 amide bonds. The van der Waals surface area contributed by atoms with E-state index in [0.717, 1.165) is 0 Å². The highest BCUT2D eigenvalue weighted by molar-refractivity contribution is 6.30. The van der Waals surface area contributed by atoms with Crippen molar-refractivity contribution in [2.75, 3.05) is 5.73 Å². The van der Waals surface area contributed by atoms with Crippen molar-refractivity contribution in [3.8, 4) is 5.69 Å². The summed E-state index contributed by atoms with van der Waals surface area (Å²) in [4.78, 5) is 11.0. The number of hydrogen-bond acceptors (Lipinski definition) is 3. The Labute approximate surface area is 96.1 Å². The first kappa shape index (κ1) is 10.5. The molecule has 16 heavy (non-hydrogen) atoms.